The van der Waals surface area contributed by atoms with Gasteiger partial charge in [0, 0.05) is 16.6 Å². The number of aromatic nitrogens is 2. The van der Waals surface area contributed by atoms with E-state index in [2.05, 4.69) is 39.7 Å². The molecule has 0 aliphatic carbocycles. The predicted molar refractivity (Wildman–Crippen MR) is 83.5 cm³/mol. The monoisotopic (exact) mass is 291 g/mol. The first-order valence-corrected chi connectivity index (χ1v) is 7.78. The second kappa shape index (κ2) is 6.70. The molecular formula is C15H21N3OS. The van der Waals surface area contributed by atoms with Crippen LogP contribution in [-0.2, 0) is 0 Å². The van der Waals surface area contributed by atoms with Crippen molar-refractivity contribution in [1.29, 1.82) is 0 Å². The summed E-state index contributed by atoms with van der Waals surface area (Å²) < 4.78 is 5.65. The van der Waals surface area contributed by atoms with Gasteiger partial charge in [0.1, 0.15) is 0 Å². The number of aryl methyl sites for hydroxylation is 1. The van der Waals surface area contributed by atoms with Crippen LogP contribution in [0.5, 0.6) is 5.88 Å². The molecule has 2 aromatic rings. The molecule has 1 atom stereocenters. The quantitative estimate of drug-likeness (QED) is 0.866. The molecule has 0 aliphatic rings. The molecule has 1 N–H and O–H groups in total. The Morgan fingerprint density at radius 1 is 1.35 bits per heavy atom. The molecule has 0 radical (unpaired) electrons. The first kappa shape index (κ1) is 14.8. The summed E-state index contributed by atoms with van der Waals surface area (Å²) in [5.74, 6) is 1.25. The highest BCUT2D eigenvalue weighted by Gasteiger charge is 2.13. The number of ether oxygens (including phenoxy) is 1. The van der Waals surface area contributed by atoms with Gasteiger partial charge in [0.25, 0.3) is 0 Å². The van der Waals surface area contributed by atoms with Crippen LogP contribution in [0.3, 0.4) is 0 Å². The van der Waals surface area contributed by atoms with Crippen molar-refractivity contribution in [3.8, 4) is 5.88 Å². The number of hydrogen-bond donors (Lipinski definition) is 1. The molecule has 4 nitrogen and oxygen atoms in total. The van der Waals surface area contributed by atoms with E-state index in [1.165, 1.54) is 4.88 Å². The second-order valence-electron chi connectivity index (χ2n) is 4.96. The molecule has 2 rings (SSSR count). The minimum Gasteiger partial charge on any atom is -0.475 e. The highest BCUT2D eigenvalue weighted by atomic mass is 32.1. The zero-order valence-electron chi connectivity index (χ0n) is 12.4. The summed E-state index contributed by atoms with van der Waals surface area (Å²) in [7, 11) is 0. The maximum Gasteiger partial charge on any atom is 0.226 e. The number of anilines is 1. The van der Waals surface area contributed by atoms with E-state index in [9.17, 15) is 0 Å². The first-order chi connectivity index (χ1) is 9.58. The molecule has 0 saturated heterocycles. The molecule has 2 aromatic heterocycles. The van der Waals surface area contributed by atoms with Gasteiger partial charge < -0.3 is 10.1 Å². The smallest absolute Gasteiger partial charge is 0.226 e. The average molecular weight is 291 g/mol. The van der Waals surface area contributed by atoms with Gasteiger partial charge in [-0.3, -0.25) is 0 Å². The third kappa shape index (κ3) is 3.93. The Balaban J connectivity index is 2.17. The number of nitrogens with zero attached hydrogens (tertiary/aromatic N) is 2. The standard InChI is InChI=1S/C15H21N3OS/c1-5-12(13-7-6-8-20-13)17-15-16-11(4)9-14(18-15)19-10(2)3/h6-10,12H,5H2,1-4H3,(H,16,17,18). The molecule has 0 spiro atoms. The fraction of sp³-hybridized carbons (Fsp3) is 0.467. The lowest BCUT2D eigenvalue weighted by Gasteiger charge is -2.17. The van der Waals surface area contributed by atoms with Crippen molar-refractivity contribution in [2.24, 2.45) is 0 Å². The van der Waals surface area contributed by atoms with Crippen LogP contribution in [0.15, 0.2) is 23.6 Å². The first-order valence-electron chi connectivity index (χ1n) is 6.90. The lowest BCUT2D eigenvalue weighted by Crippen LogP contribution is -2.13. The van der Waals surface area contributed by atoms with Crippen molar-refractivity contribution in [2.45, 2.75) is 46.3 Å². The highest BCUT2D eigenvalue weighted by Crippen LogP contribution is 2.25. The Bertz CT molecular complexity index is 540. The zero-order valence-corrected chi connectivity index (χ0v) is 13.2. The maximum atomic E-state index is 5.65. The Hall–Kier alpha value is -1.62. The van der Waals surface area contributed by atoms with Gasteiger partial charge in [-0.1, -0.05) is 13.0 Å². The molecule has 5 heteroatoms. The maximum absolute atomic E-state index is 5.65. The number of rotatable bonds is 6. The number of thiophene rings is 1. The van der Waals surface area contributed by atoms with E-state index < -0.39 is 0 Å². The van der Waals surface area contributed by atoms with Crippen molar-refractivity contribution in [3.05, 3.63) is 34.2 Å². The minimum absolute atomic E-state index is 0.108. The lowest BCUT2D eigenvalue weighted by atomic mass is 10.2. The van der Waals surface area contributed by atoms with Crippen LogP contribution in [0.25, 0.3) is 0 Å². The third-order valence-electron chi connectivity index (χ3n) is 2.79. The third-order valence-corrected chi connectivity index (χ3v) is 3.77. The summed E-state index contributed by atoms with van der Waals surface area (Å²) in [4.78, 5) is 10.2. The van der Waals surface area contributed by atoms with E-state index in [4.69, 9.17) is 4.74 Å². The van der Waals surface area contributed by atoms with Gasteiger partial charge in [0.15, 0.2) is 0 Å². The van der Waals surface area contributed by atoms with Crippen molar-refractivity contribution >= 4 is 17.3 Å². The molecule has 108 valence electrons. The van der Waals surface area contributed by atoms with E-state index >= 15 is 0 Å². The van der Waals surface area contributed by atoms with Crippen LogP contribution in [0, 0.1) is 6.92 Å². The molecule has 0 aliphatic heterocycles. The number of nitrogens with one attached hydrogen (secondary N) is 1. The van der Waals surface area contributed by atoms with Gasteiger partial charge in [0.05, 0.1) is 12.1 Å². The van der Waals surface area contributed by atoms with Crippen molar-refractivity contribution in [2.75, 3.05) is 5.32 Å². The van der Waals surface area contributed by atoms with Crippen LogP contribution in [0.2, 0.25) is 0 Å². The zero-order chi connectivity index (χ0) is 14.5. The Kier molecular flexibility index (Phi) is 4.95. The minimum atomic E-state index is 0.108. The van der Waals surface area contributed by atoms with Gasteiger partial charge in [-0.15, -0.1) is 11.3 Å². The summed E-state index contributed by atoms with van der Waals surface area (Å²) in [6.45, 7) is 8.08. The highest BCUT2D eigenvalue weighted by molar-refractivity contribution is 7.10. The molecule has 0 fully saturated rings. The second-order valence-corrected chi connectivity index (χ2v) is 5.94. The Morgan fingerprint density at radius 3 is 2.75 bits per heavy atom. The van der Waals surface area contributed by atoms with E-state index in [0.717, 1.165) is 12.1 Å². The molecule has 0 bridgehead atoms. The molecule has 0 amide bonds. The largest absolute Gasteiger partial charge is 0.475 e. The van der Waals surface area contributed by atoms with Crippen molar-refractivity contribution in [1.82, 2.24) is 9.97 Å². The van der Waals surface area contributed by atoms with Crippen LogP contribution < -0.4 is 10.1 Å². The fourth-order valence-electron chi connectivity index (χ4n) is 1.93. The van der Waals surface area contributed by atoms with E-state index in [1.54, 1.807) is 11.3 Å². The molecule has 0 aromatic carbocycles. The van der Waals surface area contributed by atoms with Crippen LogP contribution in [0.1, 0.15) is 43.8 Å². The van der Waals surface area contributed by atoms with Crippen molar-refractivity contribution < 1.29 is 4.74 Å². The molecule has 1 unspecified atom stereocenters. The van der Waals surface area contributed by atoms with Gasteiger partial charge in [0.2, 0.25) is 11.8 Å². The average Bonchev–Trinajstić information content (AvgIpc) is 2.88. The van der Waals surface area contributed by atoms with Crippen LogP contribution in [-0.4, -0.2) is 16.1 Å². The summed E-state index contributed by atoms with van der Waals surface area (Å²) in [5.41, 5.74) is 0.902. The topological polar surface area (TPSA) is 47.0 Å². The normalized spacial score (nSPS) is 12.4. The summed E-state index contributed by atoms with van der Waals surface area (Å²) >= 11 is 1.74. The number of hydrogen-bond acceptors (Lipinski definition) is 5. The molecular weight excluding hydrogens is 270 g/mol. The lowest BCUT2D eigenvalue weighted by molar-refractivity contribution is 0.232. The summed E-state index contributed by atoms with van der Waals surface area (Å²) in [6.07, 6.45) is 1.09. The van der Waals surface area contributed by atoms with E-state index in [1.807, 2.05) is 26.8 Å². The van der Waals surface area contributed by atoms with Crippen LogP contribution >= 0.6 is 11.3 Å². The molecule has 20 heavy (non-hydrogen) atoms. The predicted octanol–water partition coefficient (Wildman–Crippen LogP) is 4.20. The van der Waals surface area contributed by atoms with Gasteiger partial charge in [-0.2, -0.15) is 4.98 Å². The van der Waals surface area contributed by atoms with Gasteiger partial charge in [-0.25, -0.2) is 4.98 Å². The van der Waals surface area contributed by atoms with Crippen LogP contribution in [0.4, 0.5) is 5.95 Å². The van der Waals surface area contributed by atoms with Gasteiger partial charge >= 0.3 is 0 Å². The molecule has 0 saturated carbocycles. The van der Waals surface area contributed by atoms with E-state index in [0.29, 0.717) is 11.8 Å². The molecule has 2 heterocycles. The van der Waals surface area contributed by atoms with Gasteiger partial charge in [-0.05, 0) is 38.6 Å². The van der Waals surface area contributed by atoms with Crippen molar-refractivity contribution in [3.63, 3.8) is 0 Å². The Morgan fingerprint density at radius 2 is 2.15 bits per heavy atom. The Labute approximate surface area is 124 Å². The van der Waals surface area contributed by atoms with E-state index in [-0.39, 0.29) is 12.1 Å². The fourth-order valence-corrected chi connectivity index (χ4v) is 2.79. The summed E-state index contributed by atoms with van der Waals surface area (Å²) in [5, 5.41) is 5.48. The summed E-state index contributed by atoms with van der Waals surface area (Å²) in [6, 6.07) is 6.29. The SMILES string of the molecule is CCC(Nc1nc(C)cc(OC(C)C)n1)c1cccs1.